The van der Waals surface area contributed by atoms with Crippen LogP contribution in [0.3, 0.4) is 0 Å². The summed E-state index contributed by atoms with van der Waals surface area (Å²) in [6, 6.07) is 7.08. The largest absolute Gasteiger partial charge is 0.490 e. The van der Waals surface area contributed by atoms with E-state index in [0.29, 0.717) is 11.9 Å². The van der Waals surface area contributed by atoms with Crippen LogP contribution in [-0.4, -0.2) is 71.3 Å². The second kappa shape index (κ2) is 9.95. The average Bonchev–Trinajstić information content (AvgIpc) is 3.41. The lowest BCUT2D eigenvalue weighted by atomic mass is 9.88. The number of hydrogen-bond donors (Lipinski definition) is 1. The van der Waals surface area contributed by atoms with Crippen LogP contribution in [0.2, 0.25) is 0 Å². The van der Waals surface area contributed by atoms with Gasteiger partial charge in [0.2, 0.25) is 5.91 Å². The van der Waals surface area contributed by atoms with Crippen LogP contribution in [0.4, 0.5) is 17.6 Å². The predicted molar refractivity (Wildman–Crippen MR) is 103 cm³/mol. The molecule has 0 radical (unpaired) electrons. The smallest absolute Gasteiger partial charge is 0.475 e. The molecule has 1 aromatic rings. The number of nitrogens with zero attached hydrogens (tertiary/aromatic N) is 2. The molecule has 3 heterocycles. The van der Waals surface area contributed by atoms with E-state index in [0.717, 1.165) is 64.0 Å². The molecule has 0 bridgehead atoms. The van der Waals surface area contributed by atoms with Crippen molar-refractivity contribution in [3.05, 3.63) is 35.6 Å². The molecule has 3 fully saturated rings. The molecule has 0 aliphatic carbocycles. The minimum Gasteiger partial charge on any atom is -0.475 e. The summed E-state index contributed by atoms with van der Waals surface area (Å²) in [5.41, 5.74) is 1.09. The molecule has 3 saturated heterocycles. The SMILES string of the molecule is O=C(O)C(F)(F)F.O=C([C@H]1C[C@H]2OCC[C@H]2N(Cc2ccc(F)cc2)C1)N1CCCC1. The van der Waals surface area contributed by atoms with Gasteiger partial charge in [-0.25, -0.2) is 9.18 Å². The second-order valence-corrected chi connectivity index (χ2v) is 8.09. The normalized spacial score (nSPS) is 26.2. The van der Waals surface area contributed by atoms with Crippen molar-refractivity contribution in [3.8, 4) is 0 Å². The Morgan fingerprint density at radius 2 is 1.74 bits per heavy atom. The number of halogens is 4. The molecule has 3 atom stereocenters. The lowest BCUT2D eigenvalue weighted by Gasteiger charge is -2.41. The molecule has 0 saturated carbocycles. The zero-order chi connectivity index (χ0) is 22.6. The Hall–Kier alpha value is -2.20. The number of aliphatic carboxylic acids is 1. The number of rotatable bonds is 3. The molecule has 1 amide bonds. The molecule has 10 heteroatoms. The first-order valence-electron chi connectivity index (χ1n) is 10.3. The van der Waals surface area contributed by atoms with Gasteiger partial charge in [-0.15, -0.1) is 0 Å². The number of likely N-dealkylation sites (tertiary alicyclic amines) is 2. The molecule has 172 valence electrons. The maximum atomic E-state index is 13.1. The third-order valence-electron chi connectivity index (χ3n) is 5.92. The fraction of sp³-hybridized carbons (Fsp3) is 0.619. The highest BCUT2D eigenvalue weighted by atomic mass is 19.4. The Bertz CT molecular complexity index is 766. The summed E-state index contributed by atoms with van der Waals surface area (Å²) in [5.74, 6) is -2.64. The number of benzene rings is 1. The highest BCUT2D eigenvalue weighted by Gasteiger charge is 2.43. The summed E-state index contributed by atoms with van der Waals surface area (Å²) in [6.45, 7) is 4.14. The van der Waals surface area contributed by atoms with Crippen LogP contribution < -0.4 is 0 Å². The Labute approximate surface area is 177 Å². The van der Waals surface area contributed by atoms with Gasteiger partial charge in [-0.1, -0.05) is 12.1 Å². The molecular weight excluding hydrogens is 420 g/mol. The van der Waals surface area contributed by atoms with Gasteiger partial charge in [0.15, 0.2) is 0 Å². The van der Waals surface area contributed by atoms with Crippen LogP contribution in [0, 0.1) is 11.7 Å². The quantitative estimate of drug-likeness (QED) is 0.723. The summed E-state index contributed by atoms with van der Waals surface area (Å²) < 4.78 is 50.8. The van der Waals surface area contributed by atoms with E-state index < -0.39 is 12.1 Å². The number of piperidine rings is 1. The molecule has 0 spiro atoms. The van der Waals surface area contributed by atoms with Crippen molar-refractivity contribution < 1.29 is 37.0 Å². The van der Waals surface area contributed by atoms with Gasteiger partial charge in [-0.3, -0.25) is 9.69 Å². The Kier molecular flexibility index (Phi) is 7.53. The van der Waals surface area contributed by atoms with Crippen molar-refractivity contribution in [2.24, 2.45) is 5.92 Å². The van der Waals surface area contributed by atoms with Crippen LogP contribution in [0.5, 0.6) is 0 Å². The van der Waals surface area contributed by atoms with Gasteiger partial charge in [-0.05, 0) is 43.4 Å². The average molecular weight is 446 g/mol. The summed E-state index contributed by atoms with van der Waals surface area (Å²) in [4.78, 5) is 26.1. The first kappa shape index (κ1) is 23.5. The van der Waals surface area contributed by atoms with E-state index in [2.05, 4.69) is 4.90 Å². The van der Waals surface area contributed by atoms with Gasteiger partial charge < -0.3 is 14.7 Å². The minimum atomic E-state index is -5.08. The molecule has 4 rings (SSSR count). The van der Waals surface area contributed by atoms with Gasteiger partial charge in [0.25, 0.3) is 0 Å². The Morgan fingerprint density at radius 3 is 2.32 bits per heavy atom. The van der Waals surface area contributed by atoms with Crippen molar-refractivity contribution in [2.75, 3.05) is 26.2 Å². The molecule has 1 aromatic carbocycles. The Balaban J connectivity index is 0.000000339. The standard InChI is InChI=1S/C19H25FN2O2.C2HF3O2/c20-16-5-3-14(4-6-16)12-22-13-15(11-18-17(22)7-10-24-18)19(23)21-8-1-2-9-21;3-2(4,5)1(6)7/h3-6,15,17-18H,1-2,7-13H2;(H,6,7)/t15-,17+,18+;/m0./s1. The summed E-state index contributed by atoms with van der Waals surface area (Å²) in [6.07, 6.45) is -0.799. The topological polar surface area (TPSA) is 70.1 Å². The molecule has 1 N–H and O–H groups in total. The number of ether oxygens (including phenoxy) is 1. The first-order valence-corrected chi connectivity index (χ1v) is 10.3. The van der Waals surface area contributed by atoms with Crippen LogP contribution >= 0.6 is 0 Å². The molecule has 31 heavy (non-hydrogen) atoms. The number of carboxylic acid groups (broad SMARTS) is 1. The highest BCUT2D eigenvalue weighted by molar-refractivity contribution is 5.79. The zero-order valence-electron chi connectivity index (χ0n) is 17.0. The molecule has 0 aromatic heterocycles. The number of fused-ring (bicyclic) bond motifs is 1. The fourth-order valence-corrected chi connectivity index (χ4v) is 4.43. The first-order chi connectivity index (χ1) is 14.6. The van der Waals surface area contributed by atoms with E-state index in [1.54, 1.807) is 0 Å². The van der Waals surface area contributed by atoms with Crippen LogP contribution in [0.15, 0.2) is 24.3 Å². The van der Waals surface area contributed by atoms with Crippen molar-refractivity contribution in [1.82, 2.24) is 9.80 Å². The molecule has 3 aliphatic rings. The van der Waals surface area contributed by atoms with Crippen molar-refractivity contribution in [2.45, 2.75) is 50.6 Å². The fourth-order valence-electron chi connectivity index (χ4n) is 4.43. The summed E-state index contributed by atoms with van der Waals surface area (Å²) in [5, 5.41) is 7.12. The van der Waals surface area contributed by atoms with E-state index in [9.17, 15) is 22.4 Å². The molecular formula is C21H26F4N2O4. The maximum absolute atomic E-state index is 13.1. The summed E-state index contributed by atoms with van der Waals surface area (Å²) >= 11 is 0. The number of carbonyl (C=O) groups is 2. The van der Waals surface area contributed by atoms with Gasteiger partial charge in [0, 0.05) is 38.8 Å². The van der Waals surface area contributed by atoms with Gasteiger partial charge >= 0.3 is 12.1 Å². The summed E-state index contributed by atoms with van der Waals surface area (Å²) in [7, 11) is 0. The number of carboxylic acids is 1. The van der Waals surface area contributed by atoms with Gasteiger partial charge in [-0.2, -0.15) is 13.2 Å². The Morgan fingerprint density at radius 1 is 1.13 bits per heavy atom. The predicted octanol–water partition coefficient (Wildman–Crippen LogP) is 3.06. The minimum absolute atomic E-state index is 0.0305. The van der Waals surface area contributed by atoms with Crippen molar-refractivity contribution in [1.29, 1.82) is 0 Å². The van der Waals surface area contributed by atoms with Gasteiger partial charge in [0.1, 0.15) is 5.82 Å². The van der Waals surface area contributed by atoms with Crippen LogP contribution in [-0.2, 0) is 20.9 Å². The monoisotopic (exact) mass is 446 g/mol. The molecule has 0 unspecified atom stereocenters. The molecule has 6 nitrogen and oxygen atoms in total. The van der Waals surface area contributed by atoms with E-state index >= 15 is 0 Å². The third-order valence-corrected chi connectivity index (χ3v) is 5.92. The van der Waals surface area contributed by atoms with Crippen LogP contribution in [0.25, 0.3) is 0 Å². The number of hydrogen-bond acceptors (Lipinski definition) is 4. The van der Waals surface area contributed by atoms with E-state index in [4.69, 9.17) is 14.6 Å². The van der Waals surface area contributed by atoms with Crippen LogP contribution in [0.1, 0.15) is 31.2 Å². The number of alkyl halides is 3. The third kappa shape index (κ3) is 6.16. The van der Waals surface area contributed by atoms with Crippen molar-refractivity contribution in [3.63, 3.8) is 0 Å². The van der Waals surface area contributed by atoms with E-state index in [1.807, 2.05) is 17.0 Å². The van der Waals surface area contributed by atoms with E-state index in [1.165, 1.54) is 12.1 Å². The lowest BCUT2D eigenvalue weighted by molar-refractivity contribution is -0.192. The van der Waals surface area contributed by atoms with Gasteiger partial charge in [0.05, 0.1) is 12.0 Å². The second-order valence-electron chi connectivity index (χ2n) is 8.09. The lowest BCUT2D eigenvalue weighted by Crippen LogP contribution is -2.52. The zero-order valence-corrected chi connectivity index (χ0v) is 17.0. The maximum Gasteiger partial charge on any atom is 0.490 e. The highest BCUT2D eigenvalue weighted by Crippen LogP contribution is 2.33. The molecule has 3 aliphatic heterocycles. The van der Waals surface area contributed by atoms with Crippen molar-refractivity contribution >= 4 is 11.9 Å². The number of amides is 1. The number of carbonyl (C=O) groups excluding carboxylic acids is 1. The van der Waals surface area contributed by atoms with E-state index in [-0.39, 0.29) is 17.8 Å².